The summed E-state index contributed by atoms with van der Waals surface area (Å²) >= 11 is 0. The molecule has 1 atom stereocenters. The largest absolute Gasteiger partial charge is 0.383 e. The third kappa shape index (κ3) is 4.95. The lowest BCUT2D eigenvalue weighted by Gasteiger charge is -2.08. The fourth-order valence-electron chi connectivity index (χ4n) is 1.85. The minimum Gasteiger partial charge on any atom is -0.383 e. The summed E-state index contributed by atoms with van der Waals surface area (Å²) < 4.78 is 4.88. The first kappa shape index (κ1) is 16.7. The topological polar surface area (TPSA) is 76.7 Å². The first-order chi connectivity index (χ1) is 11.0. The van der Waals surface area contributed by atoms with Crippen molar-refractivity contribution in [2.45, 2.75) is 39.7 Å². The molecule has 0 saturated heterocycles. The smallest absolute Gasteiger partial charge is 0.269 e. The van der Waals surface area contributed by atoms with Gasteiger partial charge in [-0.2, -0.15) is 0 Å². The predicted molar refractivity (Wildman–Crippen MR) is 88.5 cm³/mol. The van der Waals surface area contributed by atoms with Crippen molar-refractivity contribution in [3.05, 3.63) is 47.2 Å². The number of rotatable bonds is 6. The molecule has 2 rings (SSSR count). The van der Waals surface area contributed by atoms with E-state index in [0.29, 0.717) is 17.5 Å². The van der Waals surface area contributed by atoms with Crippen LogP contribution < -0.4 is 5.32 Å². The fraction of sp³-hybridized carbons (Fsp3) is 0.353. The number of aryl methyl sites for hydroxylation is 1. The molecule has 0 fully saturated rings. The van der Waals surface area contributed by atoms with E-state index < -0.39 is 6.10 Å². The molecule has 0 aliphatic rings. The summed E-state index contributed by atoms with van der Waals surface area (Å²) in [4.78, 5) is 17.1. The van der Waals surface area contributed by atoms with Crippen molar-refractivity contribution in [2.24, 2.45) is 5.16 Å². The van der Waals surface area contributed by atoms with Gasteiger partial charge in [-0.25, -0.2) is 0 Å². The van der Waals surface area contributed by atoms with E-state index >= 15 is 0 Å². The van der Waals surface area contributed by atoms with Crippen LogP contribution in [0.25, 0.3) is 0 Å². The first-order valence-corrected chi connectivity index (χ1v) is 7.49. The summed E-state index contributed by atoms with van der Waals surface area (Å²) in [6.45, 7) is 7.64. The predicted octanol–water partition coefficient (Wildman–Crippen LogP) is 3.48. The van der Waals surface area contributed by atoms with E-state index in [1.165, 1.54) is 5.56 Å². The zero-order valence-electron chi connectivity index (χ0n) is 13.7. The Morgan fingerprint density at radius 1 is 1.30 bits per heavy atom. The van der Waals surface area contributed by atoms with Crippen molar-refractivity contribution in [1.29, 1.82) is 0 Å². The highest BCUT2D eigenvalue weighted by Crippen LogP contribution is 2.14. The summed E-state index contributed by atoms with van der Waals surface area (Å²) in [5, 5.41) is 10.1. The maximum absolute atomic E-state index is 11.9. The van der Waals surface area contributed by atoms with Gasteiger partial charge in [0.1, 0.15) is 5.76 Å². The molecule has 0 saturated carbocycles. The number of carbonyl (C=O) groups excluding carboxylic acids is 1. The number of carbonyl (C=O) groups is 1. The molecule has 1 aromatic heterocycles. The lowest BCUT2D eigenvalue weighted by molar-refractivity contribution is -0.126. The second-order valence-electron chi connectivity index (χ2n) is 5.62. The van der Waals surface area contributed by atoms with E-state index in [4.69, 9.17) is 9.36 Å². The third-order valence-electron chi connectivity index (χ3n) is 3.27. The number of oxime groups is 1. The zero-order valence-corrected chi connectivity index (χ0v) is 13.7. The van der Waals surface area contributed by atoms with Crippen molar-refractivity contribution in [1.82, 2.24) is 5.16 Å². The lowest BCUT2D eigenvalue weighted by Crippen LogP contribution is -2.26. The number of hydrogen-bond acceptors (Lipinski definition) is 5. The van der Waals surface area contributed by atoms with Crippen LogP contribution in [0.1, 0.15) is 43.6 Å². The molecule has 0 radical (unpaired) electrons. The summed E-state index contributed by atoms with van der Waals surface area (Å²) in [7, 11) is 0. The van der Waals surface area contributed by atoms with Crippen molar-refractivity contribution >= 4 is 17.9 Å². The summed E-state index contributed by atoms with van der Waals surface area (Å²) in [5.74, 6) is 1.12. The number of aromatic nitrogens is 1. The molecule has 0 aliphatic heterocycles. The Labute approximate surface area is 135 Å². The van der Waals surface area contributed by atoms with E-state index in [9.17, 15) is 4.79 Å². The Morgan fingerprint density at radius 2 is 2.00 bits per heavy atom. The molecule has 0 aliphatic carbocycles. The van der Waals surface area contributed by atoms with Crippen LogP contribution in [0.4, 0.5) is 5.82 Å². The van der Waals surface area contributed by atoms with Crippen molar-refractivity contribution in [3.8, 4) is 0 Å². The number of nitrogens with zero attached hydrogens (tertiary/aromatic N) is 2. The molecule has 6 heteroatoms. The fourth-order valence-corrected chi connectivity index (χ4v) is 1.85. The van der Waals surface area contributed by atoms with E-state index in [2.05, 4.69) is 41.6 Å². The van der Waals surface area contributed by atoms with Gasteiger partial charge in [-0.1, -0.05) is 48.4 Å². The Hall–Kier alpha value is -2.63. The Kier molecular flexibility index (Phi) is 5.51. The molecule has 1 heterocycles. The molecule has 6 nitrogen and oxygen atoms in total. The summed E-state index contributed by atoms with van der Waals surface area (Å²) in [6.07, 6.45) is 0.840. The van der Waals surface area contributed by atoms with Crippen LogP contribution in [0.5, 0.6) is 0 Å². The Morgan fingerprint density at radius 3 is 2.57 bits per heavy atom. The number of amides is 1. The minimum absolute atomic E-state index is 0.342. The normalized spacial score (nSPS) is 12.6. The van der Waals surface area contributed by atoms with Crippen LogP contribution in [-0.2, 0) is 9.63 Å². The van der Waals surface area contributed by atoms with Gasteiger partial charge in [0, 0.05) is 6.07 Å². The number of hydrogen-bond donors (Lipinski definition) is 1. The van der Waals surface area contributed by atoms with Gasteiger partial charge in [0.05, 0.1) is 6.21 Å². The van der Waals surface area contributed by atoms with Gasteiger partial charge < -0.3 is 14.7 Å². The van der Waals surface area contributed by atoms with Crippen LogP contribution in [0.2, 0.25) is 0 Å². The molecule has 0 spiro atoms. The summed E-state index contributed by atoms with van der Waals surface area (Å²) in [5.41, 5.74) is 2.17. The average molecular weight is 315 g/mol. The van der Waals surface area contributed by atoms with Crippen LogP contribution in [0.3, 0.4) is 0 Å². The molecular weight excluding hydrogens is 294 g/mol. The first-order valence-electron chi connectivity index (χ1n) is 7.49. The molecular formula is C17H21N3O3. The maximum atomic E-state index is 11.9. The van der Waals surface area contributed by atoms with E-state index in [0.717, 1.165) is 5.56 Å². The zero-order chi connectivity index (χ0) is 16.8. The highest BCUT2D eigenvalue weighted by molar-refractivity contribution is 5.93. The van der Waals surface area contributed by atoms with Crippen LogP contribution in [0, 0.1) is 6.92 Å². The van der Waals surface area contributed by atoms with E-state index in [-0.39, 0.29) is 5.91 Å². The summed E-state index contributed by atoms with van der Waals surface area (Å²) in [6, 6.07) is 9.66. The van der Waals surface area contributed by atoms with Crippen molar-refractivity contribution in [2.75, 3.05) is 5.32 Å². The van der Waals surface area contributed by atoms with Crippen molar-refractivity contribution in [3.63, 3.8) is 0 Å². The highest BCUT2D eigenvalue weighted by Gasteiger charge is 2.15. The third-order valence-corrected chi connectivity index (χ3v) is 3.27. The van der Waals surface area contributed by atoms with Crippen LogP contribution >= 0.6 is 0 Å². The molecule has 1 N–H and O–H groups in total. The molecule has 1 unspecified atom stereocenters. The minimum atomic E-state index is -0.738. The molecule has 0 bridgehead atoms. The lowest BCUT2D eigenvalue weighted by atomic mass is 10.0. The van der Waals surface area contributed by atoms with Crippen LogP contribution in [0.15, 0.2) is 40.0 Å². The molecule has 1 aromatic carbocycles. The molecule has 1 amide bonds. The molecule has 122 valence electrons. The van der Waals surface area contributed by atoms with E-state index in [1.54, 1.807) is 26.1 Å². The van der Waals surface area contributed by atoms with Gasteiger partial charge in [0.2, 0.25) is 6.10 Å². The van der Waals surface area contributed by atoms with Gasteiger partial charge in [-0.15, -0.1) is 0 Å². The average Bonchev–Trinajstić information content (AvgIpc) is 2.92. The Bertz CT molecular complexity index is 675. The number of benzene rings is 1. The highest BCUT2D eigenvalue weighted by atomic mass is 16.6. The maximum Gasteiger partial charge on any atom is 0.269 e. The number of anilines is 1. The van der Waals surface area contributed by atoms with Gasteiger partial charge >= 0.3 is 0 Å². The Balaban J connectivity index is 1.85. The second kappa shape index (κ2) is 7.58. The van der Waals surface area contributed by atoms with Gasteiger partial charge in [-0.3, -0.25) is 4.79 Å². The van der Waals surface area contributed by atoms with Gasteiger partial charge in [0.25, 0.3) is 5.91 Å². The van der Waals surface area contributed by atoms with Crippen molar-refractivity contribution < 1.29 is 14.2 Å². The standard InChI is InChI=1S/C17H21N3O3/c1-11(2)15-7-5-14(6-8-15)10-18-23-13(4)17(21)19-16-9-12(3)22-20-16/h5-11,13H,1-4H3,(H,19,20,21)/b18-10+. The van der Waals surface area contributed by atoms with Gasteiger partial charge in [0.15, 0.2) is 5.82 Å². The van der Waals surface area contributed by atoms with Crippen LogP contribution in [-0.4, -0.2) is 23.4 Å². The molecule has 2 aromatic rings. The van der Waals surface area contributed by atoms with E-state index in [1.807, 2.05) is 12.1 Å². The number of nitrogens with one attached hydrogen (secondary N) is 1. The second-order valence-corrected chi connectivity index (χ2v) is 5.62. The monoisotopic (exact) mass is 315 g/mol. The van der Waals surface area contributed by atoms with Gasteiger partial charge in [-0.05, 0) is 30.9 Å². The quantitative estimate of drug-likeness (QED) is 0.654. The molecule has 23 heavy (non-hydrogen) atoms. The SMILES string of the molecule is Cc1cc(NC(=O)C(C)O/N=C/c2ccc(C(C)C)cc2)no1.